The fourth-order valence-corrected chi connectivity index (χ4v) is 8.61. The van der Waals surface area contributed by atoms with Crippen LogP contribution >= 0.6 is 0 Å². The minimum Gasteiger partial charge on any atom is -0.392 e. The molecule has 2 saturated carbocycles. The van der Waals surface area contributed by atoms with Gasteiger partial charge in [0.1, 0.15) is 5.78 Å². The molecule has 0 aromatic heterocycles. The van der Waals surface area contributed by atoms with Gasteiger partial charge in [-0.2, -0.15) is 0 Å². The fourth-order valence-electron chi connectivity index (χ4n) is 8.61. The molecular formula is C30H46O3. The van der Waals surface area contributed by atoms with Crippen molar-refractivity contribution in [1.29, 1.82) is 0 Å². The number of fused-ring (bicyclic) bond motifs is 5. The Morgan fingerprint density at radius 1 is 1.18 bits per heavy atom. The summed E-state index contributed by atoms with van der Waals surface area (Å²) in [6.07, 6.45) is 13.2. The number of aliphatic hydroxyl groups is 2. The molecule has 0 amide bonds. The van der Waals surface area contributed by atoms with E-state index in [1.165, 1.54) is 11.1 Å². The monoisotopic (exact) mass is 454 g/mol. The maximum atomic E-state index is 12.8. The van der Waals surface area contributed by atoms with Gasteiger partial charge in [-0.15, -0.1) is 0 Å². The molecule has 33 heavy (non-hydrogen) atoms. The molecule has 3 nitrogen and oxygen atoms in total. The van der Waals surface area contributed by atoms with Crippen LogP contribution in [0.2, 0.25) is 0 Å². The van der Waals surface area contributed by atoms with Crippen LogP contribution in [0.1, 0.15) is 93.4 Å². The van der Waals surface area contributed by atoms with Gasteiger partial charge in [-0.3, -0.25) is 4.79 Å². The average Bonchev–Trinajstić information content (AvgIpc) is 2.98. The zero-order valence-electron chi connectivity index (χ0n) is 22.0. The van der Waals surface area contributed by atoms with Crippen LogP contribution in [-0.2, 0) is 4.79 Å². The van der Waals surface area contributed by atoms with Crippen molar-refractivity contribution in [2.75, 3.05) is 6.61 Å². The summed E-state index contributed by atoms with van der Waals surface area (Å²) in [4.78, 5) is 12.8. The fraction of sp³-hybridized carbons (Fsp3) is 0.767. The second-order valence-electron chi connectivity index (χ2n) is 13.0. The number of allylic oxidation sites excluding steroid dienone is 4. The maximum Gasteiger partial charge on any atom is 0.138 e. The summed E-state index contributed by atoms with van der Waals surface area (Å²) < 4.78 is 0. The Labute approximate surface area is 201 Å². The van der Waals surface area contributed by atoms with Crippen molar-refractivity contribution in [3.63, 3.8) is 0 Å². The molecule has 0 aromatic carbocycles. The van der Waals surface area contributed by atoms with Crippen LogP contribution in [0.5, 0.6) is 0 Å². The highest BCUT2D eigenvalue weighted by Crippen LogP contribution is 2.71. The van der Waals surface area contributed by atoms with E-state index in [4.69, 9.17) is 0 Å². The van der Waals surface area contributed by atoms with Crippen molar-refractivity contribution in [2.45, 2.75) is 99.5 Å². The van der Waals surface area contributed by atoms with E-state index in [9.17, 15) is 15.0 Å². The van der Waals surface area contributed by atoms with Crippen molar-refractivity contribution in [2.24, 2.45) is 39.4 Å². The predicted molar refractivity (Wildman–Crippen MR) is 135 cm³/mol. The first-order chi connectivity index (χ1) is 15.3. The van der Waals surface area contributed by atoms with E-state index < -0.39 is 0 Å². The van der Waals surface area contributed by atoms with Crippen molar-refractivity contribution < 1.29 is 15.0 Å². The van der Waals surface area contributed by atoms with Crippen molar-refractivity contribution in [1.82, 2.24) is 0 Å². The lowest BCUT2D eigenvalue weighted by Crippen LogP contribution is -2.54. The van der Waals surface area contributed by atoms with Crippen LogP contribution in [0, 0.1) is 39.4 Å². The summed E-state index contributed by atoms with van der Waals surface area (Å²) in [5.41, 5.74) is 3.38. The lowest BCUT2D eigenvalue weighted by atomic mass is 9.44. The lowest BCUT2D eigenvalue weighted by molar-refractivity contribution is -0.138. The Kier molecular flexibility index (Phi) is 6.19. The molecule has 4 aliphatic carbocycles. The average molecular weight is 455 g/mol. The van der Waals surface area contributed by atoms with E-state index in [0.717, 1.165) is 44.1 Å². The third-order valence-electron chi connectivity index (χ3n) is 11.2. The molecule has 0 bridgehead atoms. The highest BCUT2D eigenvalue weighted by Gasteiger charge is 2.66. The molecular weight excluding hydrogens is 408 g/mol. The molecule has 0 spiro atoms. The second-order valence-corrected chi connectivity index (χ2v) is 13.0. The summed E-state index contributed by atoms with van der Waals surface area (Å²) in [5, 5.41) is 20.9. The standard InChI is InChI=1S/C30H46O3/c1-19(18-31)9-8-10-20(2)23-17-26(33)30(7)22-11-12-24-27(3,4)25(32)14-15-28(24,5)21(22)13-16-29(23,30)6/h9,11,13,20,23-24,26,31,33H,8,10,12,14-18H2,1-7H3/t20-,23-,24+,26+,28-,29-,30-/m1/s1. The molecule has 4 rings (SSSR count). The summed E-state index contributed by atoms with van der Waals surface area (Å²) in [6.45, 7) is 15.9. The molecule has 0 radical (unpaired) electrons. The quantitative estimate of drug-likeness (QED) is 0.472. The zero-order chi connectivity index (χ0) is 24.4. The molecule has 0 unspecified atom stereocenters. The molecule has 0 heterocycles. The number of aliphatic hydroxyl groups excluding tert-OH is 2. The van der Waals surface area contributed by atoms with Gasteiger partial charge in [-0.05, 0) is 85.2 Å². The van der Waals surface area contributed by atoms with E-state index in [2.05, 4.69) is 59.8 Å². The van der Waals surface area contributed by atoms with Crippen molar-refractivity contribution >= 4 is 5.78 Å². The van der Waals surface area contributed by atoms with Crippen LogP contribution in [0.15, 0.2) is 34.9 Å². The summed E-state index contributed by atoms with van der Waals surface area (Å²) in [5.74, 6) is 1.73. The highest BCUT2D eigenvalue weighted by atomic mass is 16.3. The second kappa shape index (κ2) is 8.19. The SMILES string of the molecule is CC(=CCC[C@@H](C)[C@H]1C[C@H](O)[C@@]2(C)C3=CC[C@H]4C(C)(C)C(=O)CC[C@]4(C)C3=CC[C@]12C)CO. The first kappa shape index (κ1) is 24.9. The number of hydrogen-bond donors (Lipinski definition) is 2. The summed E-state index contributed by atoms with van der Waals surface area (Å²) >= 11 is 0. The van der Waals surface area contributed by atoms with Gasteiger partial charge in [-0.25, -0.2) is 0 Å². The first-order valence-corrected chi connectivity index (χ1v) is 13.2. The topological polar surface area (TPSA) is 57.5 Å². The summed E-state index contributed by atoms with van der Waals surface area (Å²) in [7, 11) is 0. The largest absolute Gasteiger partial charge is 0.392 e. The van der Waals surface area contributed by atoms with Gasteiger partial charge in [0.25, 0.3) is 0 Å². The Balaban J connectivity index is 1.68. The molecule has 2 N–H and O–H groups in total. The minimum absolute atomic E-state index is 0.0157. The van der Waals surface area contributed by atoms with E-state index in [0.29, 0.717) is 30.0 Å². The van der Waals surface area contributed by atoms with Crippen LogP contribution < -0.4 is 0 Å². The molecule has 3 heteroatoms. The Morgan fingerprint density at radius 2 is 1.88 bits per heavy atom. The van der Waals surface area contributed by atoms with Crippen LogP contribution in [-0.4, -0.2) is 28.7 Å². The number of ketones is 1. The van der Waals surface area contributed by atoms with Gasteiger partial charge < -0.3 is 10.2 Å². The molecule has 2 fully saturated rings. The van der Waals surface area contributed by atoms with Gasteiger partial charge >= 0.3 is 0 Å². The van der Waals surface area contributed by atoms with E-state index in [1.807, 2.05) is 6.92 Å². The molecule has 0 saturated heterocycles. The Bertz CT molecular complexity index is 908. The van der Waals surface area contributed by atoms with Crippen molar-refractivity contribution in [3.8, 4) is 0 Å². The zero-order valence-corrected chi connectivity index (χ0v) is 22.0. The lowest BCUT2D eigenvalue weighted by Gasteiger charge is -2.60. The van der Waals surface area contributed by atoms with Gasteiger partial charge in [0.15, 0.2) is 0 Å². The number of hydrogen-bond acceptors (Lipinski definition) is 3. The van der Waals surface area contributed by atoms with Crippen LogP contribution in [0.3, 0.4) is 0 Å². The third-order valence-corrected chi connectivity index (χ3v) is 11.2. The first-order valence-electron chi connectivity index (χ1n) is 13.2. The van der Waals surface area contributed by atoms with E-state index in [1.54, 1.807) is 0 Å². The Morgan fingerprint density at radius 3 is 2.55 bits per heavy atom. The van der Waals surface area contributed by atoms with Crippen LogP contribution in [0.4, 0.5) is 0 Å². The van der Waals surface area contributed by atoms with Gasteiger partial charge in [0.05, 0.1) is 12.7 Å². The molecule has 0 aliphatic heterocycles. The van der Waals surface area contributed by atoms with Gasteiger partial charge in [-0.1, -0.05) is 65.3 Å². The van der Waals surface area contributed by atoms with Gasteiger partial charge in [0.2, 0.25) is 0 Å². The predicted octanol–water partition coefficient (Wildman–Crippen LogP) is 6.41. The van der Waals surface area contributed by atoms with E-state index in [-0.39, 0.29) is 34.4 Å². The third kappa shape index (κ3) is 3.39. The molecule has 7 atom stereocenters. The van der Waals surface area contributed by atoms with Crippen LogP contribution in [0.25, 0.3) is 0 Å². The highest BCUT2D eigenvalue weighted by molar-refractivity contribution is 5.86. The summed E-state index contributed by atoms with van der Waals surface area (Å²) in [6, 6.07) is 0. The normalized spacial score (nSPS) is 43.2. The smallest absolute Gasteiger partial charge is 0.138 e. The number of carbonyl (C=O) groups excluding carboxylic acids is 1. The van der Waals surface area contributed by atoms with Crippen molar-refractivity contribution in [3.05, 3.63) is 34.9 Å². The maximum absolute atomic E-state index is 12.8. The Hall–Kier alpha value is -1.19. The number of rotatable bonds is 5. The molecule has 0 aromatic rings. The number of carbonyl (C=O) groups is 1. The molecule has 4 aliphatic rings. The van der Waals surface area contributed by atoms with E-state index >= 15 is 0 Å². The minimum atomic E-state index is -0.335. The molecule has 184 valence electrons. The van der Waals surface area contributed by atoms with Gasteiger partial charge in [0, 0.05) is 17.3 Å². The number of Topliss-reactive ketones (excluding diaryl/α,β-unsaturated/α-hetero) is 1.